The van der Waals surface area contributed by atoms with E-state index in [2.05, 4.69) is 18.7 Å². The molecule has 98 valence electrons. The molecule has 1 atom stereocenters. The summed E-state index contributed by atoms with van der Waals surface area (Å²) in [6.07, 6.45) is 0.658. The van der Waals surface area contributed by atoms with Crippen molar-refractivity contribution in [2.45, 2.75) is 32.8 Å². The van der Waals surface area contributed by atoms with Gasteiger partial charge in [-0.05, 0) is 12.8 Å². The molecule has 1 aliphatic rings. The smallest absolute Gasteiger partial charge is 0.352 e. The second kappa shape index (κ2) is 4.23. The lowest BCUT2D eigenvalue weighted by Gasteiger charge is -2.28. The zero-order valence-electron chi connectivity index (χ0n) is 11.0. The Labute approximate surface area is 105 Å². The Kier molecular flexibility index (Phi) is 3.00. The van der Waals surface area contributed by atoms with Crippen molar-refractivity contribution in [1.29, 1.82) is 0 Å². The lowest BCUT2D eigenvalue weighted by atomic mass is 9.88. The highest BCUT2D eigenvalue weighted by Gasteiger charge is 2.40. The Morgan fingerprint density at radius 3 is 2.72 bits per heavy atom. The molecule has 0 spiro atoms. The summed E-state index contributed by atoms with van der Waals surface area (Å²) in [4.78, 5) is 16.0. The minimum atomic E-state index is -0.640. The summed E-state index contributed by atoms with van der Waals surface area (Å²) in [7, 11) is 1.20. The first-order valence-electron chi connectivity index (χ1n) is 5.90. The van der Waals surface area contributed by atoms with Gasteiger partial charge in [0.05, 0.1) is 4.91 Å². The summed E-state index contributed by atoms with van der Waals surface area (Å²) in [6.45, 7) is 6.09. The lowest BCUT2D eigenvalue weighted by Crippen LogP contribution is -2.36. The van der Waals surface area contributed by atoms with Gasteiger partial charge in [-0.2, -0.15) is 4.39 Å². The van der Waals surface area contributed by atoms with Crippen molar-refractivity contribution in [2.24, 2.45) is 5.92 Å². The molecule has 0 saturated carbocycles. The van der Waals surface area contributed by atoms with Crippen molar-refractivity contribution >= 4 is 5.69 Å². The monoisotopic (exact) mass is 254 g/mol. The number of halogens is 1. The molecule has 0 aromatic heterocycles. The van der Waals surface area contributed by atoms with Gasteiger partial charge in [0.1, 0.15) is 11.4 Å². The van der Waals surface area contributed by atoms with Crippen molar-refractivity contribution in [3.05, 3.63) is 28.4 Å². The molecule has 18 heavy (non-hydrogen) atoms. The average molecular weight is 254 g/mol. The summed E-state index contributed by atoms with van der Waals surface area (Å²) >= 11 is 0. The molecule has 1 aromatic rings. The van der Waals surface area contributed by atoms with Gasteiger partial charge in [-0.25, -0.2) is 4.84 Å². The molecule has 5 heteroatoms. The molecular weight excluding hydrogens is 237 g/mol. The largest absolute Gasteiger partial charge is 0.487 e. The molecule has 0 amide bonds. The predicted molar refractivity (Wildman–Crippen MR) is 64.3 cm³/mol. The molecule has 1 heterocycles. The van der Waals surface area contributed by atoms with E-state index in [-0.39, 0.29) is 16.2 Å². The van der Waals surface area contributed by atoms with E-state index in [1.807, 2.05) is 6.92 Å². The van der Waals surface area contributed by atoms with E-state index in [0.717, 1.165) is 5.56 Å². The molecule has 0 aliphatic carbocycles. The van der Waals surface area contributed by atoms with Crippen LogP contribution in [0, 0.1) is 16.6 Å². The highest BCUT2D eigenvalue weighted by molar-refractivity contribution is 5.48. The van der Waals surface area contributed by atoms with Crippen LogP contribution in [0.5, 0.6) is 5.75 Å². The van der Waals surface area contributed by atoms with E-state index in [1.54, 1.807) is 0 Å². The van der Waals surface area contributed by atoms with Gasteiger partial charge in [-0.3, -0.25) is 0 Å². The lowest BCUT2D eigenvalue weighted by molar-refractivity contribution is -0.737. The van der Waals surface area contributed by atoms with Gasteiger partial charge < -0.3 is 4.74 Å². The third-order valence-corrected chi connectivity index (χ3v) is 3.60. The fourth-order valence-electron chi connectivity index (χ4n) is 2.05. The standard InChI is InChI=1S/C13H17FNO3/c1-8(2)13(3)7-9-5-11(15(16)17-4)10(14)6-12(9)18-13/h5-6,8H,7H2,1-4H3/q+1. The van der Waals surface area contributed by atoms with Crippen molar-refractivity contribution in [2.75, 3.05) is 7.11 Å². The zero-order chi connectivity index (χ0) is 13.5. The van der Waals surface area contributed by atoms with E-state index in [9.17, 15) is 9.30 Å². The highest BCUT2D eigenvalue weighted by atomic mass is 19.1. The van der Waals surface area contributed by atoms with Crippen LogP contribution in [-0.2, 0) is 11.3 Å². The van der Waals surface area contributed by atoms with E-state index < -0.39 is 5.82 Å². The third-order valence-electron chi connectivity index (χ3n) is 3.60. The molecule has 0 bridgehead atoms. The Morgan fingerprint density at radius 1 is 1.50 bits per heavy atom. The Hall–Kier alpha value is -1.65. The van der Waals surface area contributed by atoms with Crippen molar-refractivity contribution in [3.63, 3.8) is 0 Å². The molecule has 1 unspecified atom stereocenters. The molecule has 0 fully saturated rings. The first kappa shape index (κ1) is 12.8. The summed E-state index contributed by atoms with van der Waals surface area (Å²) in [5.41, 5.74) is 0.363. The van der Waals surface area contributed by atoms with Gasteiger partial charge in [-0.1, -0.05) is 13.8 Å². The number of rotatable bonds is 3. The quantitative estimate of drug-likeness (QED) is 0.778. The normalized spacial score (nSPS) is 21.7. The first-order valence-corrected chi connectivity index (χ1v) is 5.90. The van der Waals surface area contributed by atoms with Gasteiger partial charge in [0.2, 0.25) is 5.82 Å². The second-order valence-electron chi connectivity index (χ2n) is 5.10. The van der Waals surface area contributed by atoms with Gasteiger partial charge in [0.25, 0.3) is 4.92 Å². The average Bonchev–Trinajstić information content (AvgIpc) is 2.64. The molecule has 2 rings (SSSR count). The molecule has 4 nitrogen and oxygen atoms in total. The molecule has 1 aliphatic heterocycles. The number of ether oxygens (including phenoxy) is 1. The number of nitrogens with zero attached hydrogens (tertiary/aromatic N) is 1. The zero-order valence-corrected chi connectivity index (χ0v) is 11.0. The number of hydrogen-bond acceptors (Lipinski definition) is 3. The van der Waals surface area contributed by atoms with Crippen LogP contribution in [-0.4, -0.2) is 17.6 Å². The van der Waals surface area contributed by atoms with Crippen molar-refractivity contribution in [1.82, 2.24) is 0 Å². The van der Waals surface area contributed by atoms with Crippen LogP contribution < -0.4 is 4.74 Å². The Balaban J connectivity index is 2.41. The molecule has 0 N–H and O–H groups in total. The maximum absolute atomic E-state index is 13.7. The van der Waals surface area contributed by atoms with E-state index >= 15 is 0 Å². The van der Waals surface area contributed by atoms with Crippen LogP contribution in [0.1, 0.15) is 26.3 Å². The van der Waals surface area contributed by atoms with Crippen LogP contribution >= 0.6 is 0 Å². The third kappa shape index (κ3) is 1.94. The summed E-state index contributed by atoms with van der Waals surface area (Å²) < 4.78 is 19.5. The van der Waals surface area contributed by atoms with Crippen molar-refractivity contribution < 1.29 is 18.9 Å². The van der Waals surface area contributed by atoms with Gasteiger partial charge in [-0.15, -0.1) is 0 Å². The fraction of sp³-hybridized carbons (Fsp3) is 0.538. The second-order valence-corrected chi connectivity index (χ2v) is 5.10. The van der Waals surface area contributed by atoms with Gasteiger partial charge in [0.15, 0.2) is 7.11 Å². The number of fused-ring (bicyclic) bond motifs is 1. The number of benzene rings is 1. The maximum Gasteiger partial charge on any atom is 0.352 e. The molecule has 0 saturated heterocycles. The Morgan fingerprint density at radius 2 is 2.17 bits per heavy atom. The predicted octanol–water partition coefficient (Wildman–Crippen LogP) is 3.15. The minimum absolute atomic E-state index is 0.118. The van der Waals surface area contributed by atoms with Gasteiger partial charge in [0, 0.05) is 24.1 Å². The Bertz CT molecular complexity index is 501. The SMILES string of the molecule is CO[N+](=O)c1cc2c(cc1F)OC(C)(C(C)C)C2. The maximum atomic E-state index is 13.7. The van der Waals surface area contributed by atoms with Gasteiger partial charge >= 0.3 is 5.69 Å². The van der Waals surface area contributed by atoms with Crippen LogP contribution in [0.15, 0.2) is 12.1 Å². The van der Waals surface area contributed by atoms with Crippen LogP contribution in [0.2, 0.25) is 0 Å². The fourth-order valence-corrected chi connectivity index (χ4v) is 2.05. The summed E-state index contributed by atoms with van der Waals surface area (Å²) in [5, 5.41) is 0. The van der Waals surface area contributed by atoms with E-state index in [1.165, 1.54) is 19.2 Å². The molecule has 1 aromatic carbocycles. The van der Waals surface area contributed by atoms with E-state index in [4.69, 9.17) is 4.74 Å². The van der Waals surface area contributed by atoms with Crippen LogP contribution in [0.25, 0.3) is 0 Å². The van der Waals surface area contributed by atoms with Crippen molar-refractivity contribution in [3.8, 4) is 5.75 Å². The number of hydrogen-bond donors (Lipinski definition) is 0. The minimum Gasteiger partial charge on any atom is -0.487 e. The summed E-state index contributed by atoms with van der Waals surface area (Å²) in [5.74, 6) is 0.165. The molecule has 0 radical (unpaired) electrons. The van der Waals surface area contributed by atoms with Crippen LogP contribution in [0.3, 0.4) is 0 Å². The van der Waals surface area contributed by atoms with Crippen LogP contribution in [0.4, 0.5) is 10.1 Å². The summed E-state index contributed by atoms with van der Waals surface area (Å²) in [6, 6.07) is 2.75. The first-order chi connectivity index (χ1) is 8.37. The molecular formula is C13H17FNO3+. The highest BCUT2D eigenvalue weighted by Crippen LogP contribution is 2.41. The van der Waals surface area contributed by atoms with E-state index in [0.29, 0.717) is 18.1 Å². The topological polar surface area (TPSA) is 38.5 Å².